The highest BCUT2D eigenvalue weighted by Gasteiger charge is 2.35. The van der Waals surface area contributed by atoms with Gasteiger partial charge in [0.15, 0.2) is 11.5 Å². The van der Waals surface area contributed by atoms with Crippen molar-refractivity contribution < 1.29 is 23.9 Å². The number of primary amides is 1. The number of ether oxygens (including phenoxy) is 2. The van der Waals surface area contributed by atoms with Crippen LogP contribution in [-0.4, -0.2) is 43.4 Å². The summed E-state index contributed by atoms with van der Waals surface area (Å²) in [5.74, 6) is -0.249. The summed E-state index contributed by atoms with van der Waals surface area (Å²) in [4.78, 5) is 37.5. The van der Waals surface area contributed by atoms with Crippen molar-refractivity contribution in [2.75, 3.05) is 20.8 Å². The smallest absolute Gasteiger partial charge is 0.261 e. The fourth-order valence-corrected chi connectivity index (χ4v) is 2.92. The molecule has 0 spiro atoms. The highest BCUT2D eigenvalue weighted by Crippen LogP contribution is 2.28. The number of carbonyl (C=O) groups is 3. The monoisotopic (exact) mass is 354 g/mol. The minimum Gasteiger partial charge on any atom is -0.493 e. The molecule has 0 fully saturated rings. The number of hydrogen-bond donors (Lipinski definition) is 1. The van der Waals surface area contributed by atoms with Crippen LogP contribution in [0.4, 0.5) is 0 Å². The van der Waals surface area contributed by atoms with E-state index >= 15 is 0 Å². The van der Waals surface area contributed by atoms with Crippen LogP contribution in [0.2, 0.25) is 0 Å². The molecule has 3 rings (SSSR count). The summed E-state index contributed by atoms with van der Waals surface area (Å²) in [5, 5.41) is 0. The van der Waals surface area contributed by atoms with Crippen LogP contribution in [0.25, 0.3) is 0 Å². The van der Waals surface area contributed by atoms with E-state index in [0.29, 0.717) is 17.9 Å². The van der Waals surface area contributed by atoms with E-state index in [1.54, 1.807) is 20.3 Å². The first-order valence-electron chi connectivity index (χ1n) is 7.97. The first kappa shape index (κ1) is 17.5. The first-order valence-corrected chi connectivity index (χ1v) is 7.97. The highest BCUT2D eigenvalue weighted by atomic mass is 16.5. The third kappa shape index (κ3) is 2.99. The van der Waals surface area contributed by atoms with Crippen LogP contribution in [0.1, 0.15) is 36.6 Å². The lowest BCUT2D eigenvalue weighted by Crippen LogP contribution is -2.31. The average Bonchev–Trinajstić information content (AvgIpc) is 2.89. The molecule has 0 atom stereocenters. The maximum Gasteiger partial charge on any atom is 0.261 e. The Morgan fingerprint density at radius 1 is 0.962 bits per heavy atom. The maximum atomic E-state index is 12.5. The van der Waals surface area contributed by atoms with Crippen molar-refractivity contribution in [1.29, 1.82) is 0 Å². The van der Waals surface area contributed by atoms with E-state index in [1.807, 2.05) is 12.1 Å². The normalized spacial score (nSPS) is 12.9. The molecule has 7 heteroatoms. The lowest BCUT2D eigenvalue weighted by atomic mass is 10.1. The molecule has 0 saturated heterocycles. The van der Waals surface area contributed by atoms with E-state index in [1.165, 1.54) is 23.1 Å². The Labute approximate surface area is 150 Å². The average molecular weight is 354 g/mol. The second kappa shape index (κ2) is 6.87. The standard InChI is InChI=1S/C19H18N2O5/c1-25-15-6-3-11(9-16(15)26-2)7-8-21-18(23)13-5-4-12(17(20)22)10-14(13)19(21)24/h3-6,9-10H,7-8H2,1-2H3,(H2,20,22). The minimum atomic E-state index is -0.642. The van der Waals surface area contributed by atoms with Crippen LogP contribution in [0.5, 0.6) is 11.5 Å². The van der Waals surface area contributed by atoms with Crippen LogP contribution in [0, 0.1) is 0 Å². The summed E-state index contributed by atoms with van der Waals surface area (Å²) in [5.41, 5.74) is 6.83. The van der Waals surface area contributed by atoms with Crippen molar-refractivity contribution in [2.45, 2.75) is 6.42 Å². The number of benzene rings is 2. The first-order chi connectivity index (χ1) is 12.5. The van der Waals surface area contributed by atoms with Crippen LogP contribution < -0.4 is 15.2 Å². The van der Waals surface area contributed by atoms with Gasteiger partial charge in [-0.05, 0) is 42.3 Å². The van der Waals surface area contributed by atoms with Gasteiger partial charge < -0.3 is 15.2 Å². The van der Waals surface area contributed by atoms with Gasteiger partial charge in [0.1, 0.15) is 0 Å². The largest absolute Gasteiger partial charge is 0.493 e. The lowest BCUT2D eigenvalue weighted by Gasteiger charge is -2.14. The molecule has 26 heavy (non-hydrogen) atoms. The SMILES string of the molecule is COc1ccc(CCN2C(=O)c3ccc(C(N)=O)cc3C2=O)cc1OC. The molecule has 1 heterocycles. The Bertz CT molecular complexity index is 907. The molecule has 0 aromatic heterocycles. The van der Waals surface area contributed by atoms with E-state index in [0.717, 1.165) is 5.56 Å². The molecule has 0 radical (unpaired) electrons. The van der Waals surface area contributed by atoms with E-state index < -0.39 is 11.8 Å². The van der Waals surface area contributed by atoms with Gasteiger partial charge in [-0.1, -0.05) is 6.07 Å². The summed E-state index contributed by atoms with van der Waals surface area (Å²) in [7, 11) is 3.10. The van der Waals surface area contributed by atoms with Gasteiger partial charge in [0, 0.05) is 12.1 Å². The summed E-state index contributed by atoms with van der Waals surface area (Å²) in [6.45, 7) is 0.216. The second-order valence-corrected chi connectivity index (χ2v) is 5.83. The Morgan fingerprint density at radius 3 is 2.31 bits per heavy atom. The van der Waals surface area contributed by atoms with Gasteiger partial charge in [-0.15, -0.1) is 0 Å². The van der Waals surface area contributed by atoms with Crippen molar-refractivity contribution in [1.82, 2.24) is 4.90 Å². The van der Waals surface area contributed by atoms with E-state index in [-0.39, 0.29) is 29.1 Å². The molecule has 7 nitrogen and oxygen atoms in total. The van der Waals surface area contributed by atoms with Crippen LogP contribution in [0.3, 0.4) is 0 Å². The molecule has 134 valence electrons. The predicted molar refractivity (Wildman–Crippen MR) is 93.6 cm³/mol. The van der Waals surface area contributed by atoms with E-state index in [4.69, 9.17) is 15.2 Å². The Kier molecular flexibility index (Phi) is 4.62. The molecule has 0 unspecified atom stereocenters. The summed E-state index contributed by atoms with van der Waals surface area (Å²) >= 11 is 0. The number of hydrogen-bond acceptors (Lipinski definition) is 5. The minimum absolute atomic E-state index is 0.201. The van der Waals surface area contributed by atoms with Gasteiger partial charge in [-0.25, -0.2) is 0 Å². The van der Waals surface area contributed by atoms with Gasteiger partial charge in [0.25, 0.3) is 11.8 Å². The molecule has 2 aromatic rings. The van der Waals surface area contributed by atoms with E-state index in [2.05, 4.69) is 0 Å². The molecular weight excluding hydrogens is 336 g/mol. The van der Waals surface area contributed by atoms with E-state index in [9.17, 15) is 14.4 Å². The summed E-state index contributed by atoms with van der Waals surface area (Å²) in [6.07, 6.45) is 0.467. The quantitative estimate of drug-likeness (QED) is 0.795. The van der Waals surface area contributed by atoms with Crippen molar-refractivity contribution in [3.63, 3.8) is 0 Å². The molecule has 0 bridgehead atoms. The molecule has 3 amide bonds. The third-order valence-corrected chi connectivity index (χ3v) is 4.33. The van der Waals surface area contributed by atoms with Gasteiger partial charge >= 0.3 is 0 Å². The molecule has 2 N–H and O–H groups in total. The summed E-state index contributed by atoms with van der Waals surface area (Å²) < 4.78 is 10.5. The fourth-order valence-electron chi connectivity index (χ4n) is 2.92. The third-order valence-electron chi connectivity index (χ3n) is 4.33. The zero-order valence-electron chi connectivity index (χ0n) is 14.4. The number of nitrogens with two attached hydrogens (primary N) is 1. The van der Waals surface area contributed by atoms with Crippen LogP contribution in [-0.2, 0) is 6.42 Å². The number of amides is 3. The Morgan fingerprint density at radius 2 is 1.65 bits per heavy atom. The van der Waals surface area contributed by atoms with Crippen molar-refractivity contribution in [3.8, 4) is 11.5 Å². The van der Waals surface area contributed by atoms with Gasteiger partial charge in [-0.2, -0.15) is 0 Å². The number of methoxy groups -OCH3 is 2. The number of fused-ring (bicyclic) bond motifs is 1. The Hall–Kier alpha value is -3.35. The van der Waals surface area contributed by atoms with Gasteiger partial charge in [-0.3, -0.25) is 19.3 Å². The zero-order valence-corrected chi connectivity index (χ0v) is 14.4. The van der Waals surface area contributed by atoms with Crippen molar-refractivity contribution in [2.24, 2.45) is 5.73 Å². The molecular formula is C19H18N2O5. The Balaban J connectivity index is 1.78. The fraction of sp³-hybridized carbons (Fsp3) is 0.211. The molecule has 1 aliphatic heterocycles. The zero-order chi connectivity index (χ0) is 18.8. The molecule has 1 aliphatic rings. The maximum absolute atomic E-state index is 12.5. The van der Waals surface area contributed by atoms with Crippen molar-refractivity contribution >= 4 is 17.7 Å². The topological polar surface area (TPSA) is 98.9 Å². The van der Waals surface area contributed by atoms with Gasteiger partial charge in [0.05, 0.1) is 25.3 Å². The number of nitrogens with zero attached hydrogens (tertiary/aromatic N) is 1. The molecule has 0 aliphatic carbocycles. The van der Waals surface area contributed by atoms with Crippen LogP contribution >= 0.6 is 0 Å². The molecule has 0 saturated carbocycles. The second-order valence-electron chi connectivity index (χ2n) is 5.83. The van der Waals surface area contributed by atoms with Crippen LogP contribution in [0.15, 0.2) is 36.4 Å². The van der Waals surface area contributed by atoms with Gasteiger partial charge in [0.2, 0.25) is 5.91 Å². The number of rotatable bonds is 6. The number of carbonyl (C=O) groups excluding carboxylic acids is 3. The van der Waals surface area contributed by atoms with Crippen molar-refractivity contribution in [3.05, 3.63) is 58.7 Å². The summed E-state index contributed by atoms with van der Waals surface area (Å²) in [6, 6.07) is 9.72. The predicted octanol–water partition coefficient (Wildman–Crippen LogP) is 1.64. The number of imide groups is 1. The molecule has 2 aromatic carbocycles. The lowest BCUT2D eigenvalue weighted by molar-refractivity contribution is 0.0656. The highest BCUT2D eigenvalue weighted by molar-refractivity contribution is 6.22.